The van der Waals surface area contributed by atoms with Crippen LogP contribution in [0.3, 0.4) is 0 Å². The Labute approximate surface area is 110 Å². The van der Waals surface area contributed by atoms with Crippen LogP contribution in [0.5, 0.6) is 0 Å². The first-order valence-electron chi connectivity index (χ1n) is 6.89. The lowest BCUT2D eigenvalue weighted by Gasteiger charge is -2.23. The van der Waals surface area contributed by atoms with Gasteiger partial charge in [-0.3, -0.25) is 0 Å². The lowest BCUT2D eigenvalue weighted by Crippen LogP contribution is -2.37. The molecule has 1 rings (SSSR count). The highest BCUT2D eigenvalue weighted by Gasteiger charge is 2.11. The molecule has 1 unspecified atom stereocenters. The minimum absolute atomic E-state index is 0.538. The zero-order chi connectivity index (χ0) is 12.9. The fourth-order valence-electron chi connectivity index (χ4n) is 1.87. The number of methoxy groups -OCH3 is 1. The highest BCUT2D eigenvalue weighted by atomic mass is 16.6. The lowest BCUT2D eigenvalue weighted by atomic mass is 10.1. The van der Waals surface area contributed by atoms with E-state index in [1.165, 1.54) is 19.3 Å². The Morgan fingerprint density at radius 3 is 2.17 bits per heavy atom. The van der Waals surface area contributed by atoms with Gasteiger partial charge in [0.05, 0.1) is 46.2 Å². The van der Waals surface area contributed by atoms with Gasteiger partial charge < -0.3 is 24.3 Å². The van der Waals surface area contributed by atoms with Gasteiger partial charge in [-0.2, -0.15) is 0 Å². The quantitative estimate of drug-likeness (QED) is 0.558. The molecule has 1 fully saturated rings. The van der Waals surface area contributed by atoms with Crippen molar-refractivity contribution in [2.75, 3.05) is 59.9 Å². The summed E-state index contributed by atoms with van der Waals surface area (Å²) in [5, 5.41) is 3.45. The van der Waals surface area contributed by atoms with Gasteiger partial charge in [0.15, 0.2) is 0 Å². The third kappa shape index (κ3) is 8.83. The van der Waals surface area contributed by atoms with E-state index in [1.54, 1.807) is 7.11 Å². The van der Waals surface area contributed by atoms with Crippen molar-refractivity contribution in [1.82, 2.24) is 5.32 Å². The van der Waals surface area contributed by atoms with E-state index >= 15 is 0 Å². The van der Waals surface area contributed by atoms with E-state index in [9.17, 15) is 0 Å². The summed E-state index contributed by atoms with van der Waals surface area (Å²) >= 11 is 0. The summed E-state index contributed by atoms with van der Waals surface area (Å²) in [6, 6.07) is 0.538. The van der Waals surface area contributed by atoms with E-state index < -0.39 is 0 Å². The van der Waals surface area contributed by atoms with E-state index in [1.807, 2.05) is 0 Å². The van der Waals surface area contributed by atoms with Crippen LogP contribution in [0.4, 0.5) is 0 Å². The summed E-state index contributed by atoms with van der Waals surface area (Å²) in [4.78, 5) is 0. The van der Waals surface area contributed by atoms with Crippen LogP contribution in [-0.4, -0.2) is 65.9 Å². The molecule has 0 radical (unpaired) electrons. The molecule has 108 valence electrons. The van der Waals surface area contributed by atoms with Crippen LogP contribution in [0.25, 0.3) is 0 Å². The van der Waals surface area contributed by atoms with E-state index in [0.29, 0.717) is 45.7 Å². The van der Waals surface area contributed by atoms with E-state index in [-0.39, 0.29) is 0 Å². The Bertz CT molecular complexity index is 174. The molecule has 0 aromatic rings. The van der Waals surface area contributed by atoms with Gasteiger partial charge in [0, 0.05) is 13.2 Å². The van der Waals surface area contributed by atoms with Crippen molar-refractivity contribution in [3.8, 4) is 0 Å². The van der Waals surface area contributed by atoms with Crippen LogP contribution in [0.1, 0.15) is 19.3 Å². The highest BCUT2D eigenvalue weighted by Crippen LogP contribution is 2.06. The van der Waals surface area contributed by atoms with Crippen molar-refractivity contribution < 1.29 is 18.9 Å². The molecule has 18 heavy (non-hydrogen) atoms. The topological polar surface area (TPSA) is 49.0 Å². The zero-order valence-corrected chi connectivity index (χ0v) is 11.5. The molecule has 1 heterocycles. The Morgan fingerprint density at radius 1 is 0.889 bits per heavy atom. The third-order valence-electron chi connectivity index (χ3n) is 2.91. The van der Waals surface area contributed by atoms with Gasteiger partial charge in [-0.1, -0.05) is 6.42 Å². The Morgan fingerprint density at radius 2 is 1.56 bits per heavy atom. The number of ether oxygens (including phenoxy) is 4. The molecule has 0 bridgehead atoms. The molecule has 1 atom stereocenters. The second-order valence-corrected chi connectivity index (χ2v) is 4.44. The van der Waals surface area contributed by atoms with Crippen LogP contribution < -0.4 is 5.32 Å². The maximum absolute atomic E-state index is 5.57. The van der Waals surface area contributed by atoms with E-state index in [0.717, 1.165) is 13.2 Å². The molecule has 0 amide bonds. The van der Waals surface area contributed by atoms with Crippen molar-refractivity contribution in [3.05, 3.63) is 0 Å². The van der Waals surface area contributed by atoms with Gasteiger partial charge in [-0.25, -0.2) is 0 Å². The molecule has 1 N–H and O–H groups in total. The predicted molar refractivity (Wildman–Crippen MR) is 70.0 cm³/mol. The van der Waals surface area contributed by atoms with Crippen LogP contribution in [-0.2, 0) is 18.9 Å². The molecule has 0 aromatic carbocycles. The van der Waals surface area contributed by atoms with Crippen molar-refractivity contribution in [3.63, 3.8) is 0 Å². The Hall–Kier alpha value is -0.200. The molecule has 1 saturated heterocycles. The van der Waals surface area contributed by atoms with Crippen LogP contribution in [0.2, 0.25) is 0 Å². The fraction of sp³-hybridized carbons (Fsp3) is 1.00. The molecule has 5 heteroatoms. The zero-order valence-electron chi connectivity index (χ0n) is 11.5. The van der Waals surface area contributed by atoms with Crippen molar-refractivity contribution in [1.29, 1.82) is 0 Å². The second-order valence-electron chi connectivity index (χ2n) is 4.44. The first-order chi connectivity index (χ1) is 8.93. The van der Waals surface area contributed by atoms with Crippen LogP contribution >= 0.6 is 0 Å². The summed E-state index contributed by atoms with van der Waals surface area (Å²) in [6.45, 7) is 5.73. The van der Waals surface area contributed by atoms with Gasteiger partial charge >= 0.3 is 0 Å². The minimum atomic E-state index is 0.538. The summed E-state index contributed by atoms with van der Waals surface area (Å²) < 4.78 is 21.1. The first kappa shape index (κ1) is 15.9. The van der Waals surface area contributed by atoms with Gasteiger partial charge in [0.1, 0.15) is 0 Å². The van der Waals surface area contributed by atoms with Crippen LogP contribution in [0, 0.1) is 0 Å². The van der Waals surface area contributed by atoms with Gasteiger partial charge in [0.25, 0.3) is 0 Å². The molecule has 0 aromatic heterocycles. The van der Waals surface area contributed by atoms with Crippen molar-refractivity contribution in [2.45, 2.75) is 25.3 Å². The largest absolute Gasteiger partial charge is 0.382 e. The summed E-state index contributed by atoms with van der Waals surface area (Å²) in [5.41, 5.74) is 0. The maximum Gasteiger partial charge on any atom is 0.0701 e. The standard InChI is InChI=1S/C13H27NO4/c1-15-6-7-16-8-9-17-10-11-18-12-13-4-2-3-5-14-13/h13-14H,2-12H2,1H3. The highest BCUT2D eigenvalue weighted by molar-refractivity contribution is 4.71. The van der Waals surface area contributed by atoms with Gasteiger partial charge in [-0.05, 0) is 19.4 Å². The maximum atomic E-state index is 5.57. The van der Waals surface area contributed by atoms with Gasteiger partial charge in [0.2, 0.25) is 0 Å². The Balaban J connectivity index is 1.73. The van der Waals surface area contributed by atoms with Crippen LogP contribution in [0.15, 0.2) is 0 Å². The minimum Gasteiger partial charge on any atom is -0.382 e. The Kier molecular flexibility index (Phi) is 10.5. The van der Waals surface area contributed by atoms with Gasteiger partial charge in [-0.15, -0.1) is 0 Å². The van der Waals surface area contributed by atoms with Crippen molar-refractivity contribution >= 4 is 0 Å². The predicted octanol–water partition coefficient (Wildman–Crippen LogP) is 0.825. The summed E-state index contributed by atoms with van der Waals surface area (Å²) in [6.07, 6.45) is 3.84. The first-order valence-corrected chi connectivity index (χ1v) is 6.89. The molecular formula is C13H27NO4. The number of hydrogen-bond acceptors (Lipinski definition) is 5. The third-order valence-corrected chi connectivity index (χ3v) is 2.91. The van der Waals surface area contributed by atoms with Crippen molar-refractivity contribution in [2.24, 2.45) is 0 Å². The average Bonchev–Trinajstić information content (AvgIpc) is 2.42. The molecule has 0 spiro atoms. The van der Waals surface area contributed by atoms with E-state index in [2.05, 4.69) is 5.32 Å². The second kappa shape index (κ2) is 11.9. The molecule has 0 aliphatic carbocycles. The average molecular weight is 261 g/mol. The van der Waals surface area contributed by atoms with E-state index in [4.69, 9.17) is 18.9 Å². The molecule has 5 nitrogen and oxygen atoms in total. The molecule has 1 aliphatic rings. The summed E-state index contributed by atoms with van der Waals surface area (Å²) in [7, 11) is 1.67. The number of piperidine rings is 1. The smallest absolute Gasteiger partial charge is 0.0701 e. The number of nitrogens with one attached hydrogen (secondary N) is 1. The molecular weight excluding hydrogens is 234 g/mol. The lowest BCUT2D eigenvalue weighted by molar-refractivity contribution is -0.0000886. The molecule has 1 aliphatic heterocycles. The normalized spacial score (nSPS) is 20.2. The fourth-order valence-corrected chi connectivity index (χ4v) is 1.87. The summed E-state index contributed by atoms with van der Waals surface area (Å²) in [5.74, 6) is 0. The monoisotopic (exact) mass is 261 g/mol. The SMILES string of the molecule is COCCOCCOCCOCC1CCCCN1. The number of hydrogen-bond donors (Lipinski definition) is 1. The molecule has 0 saturated carbocycles. The number of rotatable bonds is 11.